The fraction of sp³-hybridized carbons (Fsp3) is 0.889. The zero-order valence-electron chi connectivity index (χ0n) is 22.3. The molecule has 0 amide bonds. The summed E-state index contributed by atoms with van der Waals surface area (Å²) >= 11 is 0. The summed E-state index contributed by atoms with van der Waals surface area (Å²) in [5, 5.41) is 71.8. The van der Waals surface area contributed by atoms with Gasteiger partial charge < -0.3 is 50.0 Å². The molecule has 2 saturated heterocycles. The molecule has 0 spiro atoms. The van der Waals surface area contributed by atoms with E-state index in [-0.39, 0.29) is 23.2 Å². The third kappa shape index (κ3) is 7.01. The van der Waals surface area contributed by atoms with E-state index in [0.717, 1.165) is 44.9 Å². The summed E-state index contributed by atoms with van der Waals surface area (Å²) < 4.78 is 16.9. The van der Waals surface area contributed by atoms with Crippen LogP contribution in [0.5, 0.6) is 0 Å². The van der Waals surface area contributed by atoms with Crippen LogP contribution >= 0.6 is 0 Å². The zero-order chi connectivity index (χ0) is 28.0. The maximum Gasteiger partial charge on any atom is 0.187 e. The van der Waals surface area contributed by atoms with Crippen molar-refractivity contribution in [2.24, 2.45) is 11.8 Å². The van der Waals surface area contributed by atoms with Crippen molar-refractivity contribution in [3.8, 4) is 0 Å². The molecule has 38 heavy (non-hydrogen) atoms. The highest BCUT2D eigenvalue weighted by Gasteiger charge is 2.52. The SMILES string of the molecule is CCCCCC1CC(=O)C([C@@H]2O[C@H](CO)[C@@H](O[C@@H]3O[C@H](CO)[C@H](O)[C@H](O)[C@H]3O)[C@@H](O)[C@H]2O)=CC1CCCC. The molecule has 2 heterocycles. The predicted molar refractivity (Wildman–Crippen MR) is 135 cm³/mol. The minimum Gasteiger partial charge on any atom is -0.394 e. The Morgan fingerprint density at radius 3 is 2.13 bits per heavy atom. The molecular weight excluding hydrogens is 500 g/mol. The predicted octanol–water partition coefficient (Wildman–Crippen LogP) is -0.445. The van der Waals surface area contributed by atoms with Crippen molar-refractivity contribution < 1.29 is 54.8 Å². The number of aliphatic hydroxyl groups is 7. The normalized spacial score (nSPS) is 42.2. The number of ether oxygens (including phenoxy) is 3. The van der Waals surface area contributed by atoms with Gasteiger partial charge in [0, 0.05) is 12.0 Å². The van der Waals surface area contributed by atoms with Crippen LogP contribution in [0.3, 0.4) is 0 Å². The van der Waals surface area contributed by atoms with E-state index in [1.165, 1.54) is 0 Å². The van der Waals surface area contributed by atoms with E-state index < -0.39 is 74.4 Å². The van der Waals surface area contributed by atoms with E-state index in [4.69, 9.17) is 14.2 Å². The molecular formula is C27H46O11. The van der Waals surface area contributed by atoms with Crippen LogP contribution < -0.4 is 0 Å². The van der Waals surface area contributed by atoms with E-state index >= 15 is 0 Å². The van der Waals surface area contributed by atoms with Crippen LogP contribution in [-0.2, 0) is 19.0 Å². The van der Waals surface area contributed by atoms with Crippen molar-refractivity contribution in [2.75, 3.05) is 13.2 Å². The van der Waals surface area contributed by atoms with Gasteiger partial charge in [-0.3, -0.25) is 4.79 Å². The number of Topliss-reactive ketones (excluding diaryl/α,β-unsaturated/α-hetero) is 1. The molecule has 0 aromatic rings. The second kappa shape index (κ2) is 14.6. The summed E-state index contributed by atoms with van der Waals surface area (Å²) in [7, 11) is 0. The Labute approximate surface area is 224 Å². The van der Waals surface area contributed by atoms with Crippen molar-refractivity contribution in [2.45, 2.75) is 126 Å². The highest BCUT2D eigenvalue weighted by molar-refractivity contribution is 5.97. The van der Waals surface area contributed by atoms with Gasteiger partial charge in [0.05, 0.1) is 13.2 Å². The van der Waals surface area contributed by atoms with Crippen LogP contribution in [0.15, 0.2) is 11.6 Å². The lowest BCUT2D eigenvalue weighted by atomic mass is 9.73. The van der Waals surface area contributed by atoms with E-state index in [9.17, 15) is 40.5 Å². The summed E-state index contributed by atoms with van der Waals surface area (Å²) in [5.74, 6) is 0.203. The summed E-state index contributed by atoms with van der Waals surface area (Å²) in [4.78, 5) is 13.2. The molecule has 2 unspecified atom stereocenters. The number of hydrogen-bond donors (Lipinski definition) is 7. The van der Waals surface area contributed by atoms with E-state index in [2.05, 4.69) is 13.8 Å². The molecule has 220 valence electrons. The van der Waals surface area contributed by atoms with Crippen LogP contribution in [0.25, 0.3) is 0 Å². The molecule has 2 aliphatic heterocycles. The summed E-state index contributed by atoms with van der Waals surface area (Å²) in [6, 6.07) is 0. The topological polar surface area (TPSA) is 186 Å². The number of unbranched alkanes of at least 4 members (excludes halogenated alkanes) is 3. The van der Waals surface area contributed by atoms with Gasteiger partial charge >= 0.3 is 0 Å². The Morgan fingerprint density at radius 2 is 1.50 bits per heavy atom. The third-order valence-corrected chi connectivity index (χ3v) is 8.15. The van der Waals surface area contributed by atoms with Crippen molar-refractivity contribution in [1.82, 2.24) is 0 Å². The molecule has 0 bridgehead atoms. The second-order valence-electron chi connectivity index (χ2n) is 10.9. The first-order valence-corrected chi connectivity index (χ1v) is 14.0. The van der Waals surface area contributed by atoms with Gasteiger partial charge in [0.2, 0.25) is 0 Å². The first-order valence-electron chi connectivity index (χ1n) is 14.0. The van der Waals surface area contributed by atoms with Crippen LogP contribution in [0.4, 0.5) is 0 Å². The molecule has 11 nitrogen and oxygen atoms in total. The average molecular weight is 547 g/mol. The number of carbonyl (C=O) groups is 1. The first kappa shape index (κ1) is 31.5. The largest absolute Gasteiger partial charge is 0.394 e. The lowest BCUT2D eigenvalue weighted by Crippen LogP contribution is -2.64. The summed E-state index contributed by atoms with van der Waals surface area (Å²) in [6.07, 6.45) is -5.52. The fourth-order valence-corrected chi connectivity index (χ4v) is 5.80. The van der Waals surface area contributed by atoms with Crippen LogP contribution in [0.2, 0.25) is 0 Å². The van der Waals surface area contributed by atoms with E-state index in [1.807, 2.05) is 6.08 Å². The van der Waals surface area contributed by atoms with E-state index in [1.54, 1.807) is 0 Å². The smallest absolute Gasteiger partial charge is 0.187 e. The number of ketones is 1. The lowest BCUT2D eigenvalue weighted by molar-refractivity contribution is -0.340. The van der Waals surface area contributed by atoms with Crippen LogP contribution in [0.1, 0.15) is 65.2 Å². The van der Waals surface area contributed by atoms with Crippen LogP contribution in [-0.4, -0.2) is 116 Å². The minimum absolute atomic E-state index is 0.142. The molecule has 3 rings (SSSR count). The molecule has 0 radical (unpaired) electrons. The Morgan fingerprint density at radius 1 is 0.816 bits per heavy atom. The molecule has 0 aromatic heterocycles. The Kier molecular flexibility index (Phi) is 12.1. The minimum atomic E-state index is -1.74. The highest BCUT2D eigenvalue weighted by Crippen LogP contribution is 2.39. The van der Waals surface area contributed by atoms with Gasteiger partial charge in [-0.25, -0.2) is 0 Å². The molecule has 7 N–H and O–H groups in total. The molecule has 11 heteroatoms. The Hall–Kier alpha value is -0.990. The molecule has 3 aliphatic rings. The van der Waals surface area contributed by atoms with Crippen molar-refractivity contribution in [3.05, 3.63) is 11.6 Å². The van der Waals surface area contributed by atoms with Gasteiger partial charge in [-0.1, -0.05) is 52.0 Å². The van der Waals surface area contributed by atoms with Gasteiger partial charge in [-0.2, -0.15) is 0 Å². The summed E-state index contributed by atoms with van der Waals surface area (Å²) in [6.45, 7) is 2.94. The number of hydrogen-bond acceptors (Lipinski definition) is 11. The first-order chi connectivity index (χ1) is 18.2. The maximum absolute atomic E-state index is 13.2. The summed E-state index contributed by atoms with van der Waals surface area (Å²) in [5.41, 5.74) is 0.286. The van der Waals surface area contributed by atoms with Gasteiger partial charge in [0.15, 0.2) is 12.1 Å². The number of aliphatic hydroxyl groups excluding tert-OH is 7. The van der Waals surface area contributed by atoms with Gasteiger partial charge in [0.1, 0.15) is 54.9 Å². The Balaban J connectivity index is 1.78. The monoisotopic (exact) mass is 546 g/mol. The highest BCUT2D eigenvalue weighted by atomic mass is 16.7. The quantitative estimate of drug-likeness (QED) is 0.157. The number of carbonyl (C=O) groups excluding carboxylic acids is 1. The standard InChI is InChI=1S/C27H46O11/c1-3-5-7-9-15-11-17(30)16(10-14(15)8-6-4-2)25-22(33)23(34)26(19(13-29)36-25)38-27-24(35)21(32)20(31)18(12-28)37-27/h10,14-15,18-29,31-35H,3-9,11-13H2,1-2H3/t14?,15?,18-,19-,20+,21+,22-,23+,24-,25+,26-,27+/m1/s1. The molecule has 12 atom stereocenters. The average Bonchev–Trinajstić information content (AvgIpc) is 2.91. The molecule has 0 saturated carbocycles. The fourth-order valence-electron chi connectivity index (χ4n) is 5.80. The Bertz CT molecular complexity index is 772. The number of rotatable bonds is 12. The molecule has 2 fully saturated rings. The maximum atomic E-state index is 13.2. The lowest BCUT2D eigenvalue weighted by Gasteiger charge is -2.47. The molecule has 1 aliphatic carbocycles. The van der Waals surface area contributed by atoms with Crippen LogP contribution in [0, 0.1) is 11.8 Å². The van der Waals surface area contributed by atoms with Gasteiger partial charge in [-0.15, -0.1) is 0 Å². The molecule has 0 aromatic carbocycles. The van der Waals surface area contributed by atoms with E-state index in [0.29, 0.717) is 6.42 Å². The van der Waals surface area contributed by atoms with Crippen molar-refractivity contribution in [3.63, 3.8) is 0 Å². The van der Waals surface area contributed by atoms with Gasteiger partial charge in [0.25, 0.3) is 0 Å². The number of allylic oxidation sites excluding steroid dienone is 1. The van der Waals surface area contributed by atoms with Crippen molar-refractivity contribution >= 4 is 5.78 Å². The zero-order valence-corrected chi connectivity index (χ0v) is 22.3. The van der Waals surface area contributed by atoms with Crippen molar-refractivity contribution in [1.29, 1.82) is 0 Å². The third-order valence-electron chi connectivity index (χ3n) is 8.15. The van der Waals surface area contributed by atoms with Gasteiger partial charge in [-0.05, 0) is 24.7 Å². The second-order valence-corrected chi connectivity index (χ2v) is 10.9.